The van der Waals surface area contributed by atoms with Crippen LogP contribution in [0.15, 0.2) is 42.0 Å². The Bertz CT molecular complexity index is 690. The van der Waals surface area contributed by atoms with E-state index in [4.69, 9.17) is 0 Å². The lowest BCUT2D eigenvalue weighted by atomic mass is 10.1. The fraction of sp³-hybridized carbons (Fsp3) is 0.389. The molecule has 2 aromatic heterocycles. The molecule has 0 radical (unpaired) electrons. The van der Waals surface area contributed by atoms with Gasteiger partial charge in [0.1, 0.15) is 0 Å². The van der Waals surface area contributed by atoms with Crippen LogP contribution in [0.5, 0.6) is 0 Å². The van der Waals surface area contributed by atoms with Crippen molar-refractivity contribution in [2.24, 2.45) is 0 Å². The lowest BCUT2D eigenvalue weighted by Gasteiger charge is -2.33. The van der Waals surface area contributed by atoms with E-state index in [2.05, 4.69) is 21.7 Å². The van der Waals surface area contributed by atoms with Crippen LogP contribution < -0.4 is 10.6 Å². The van der Waals surface area contributed by atoms with Gasteiger partial charge in [-0.2, -0.15) is 0 Å². The number of carbonyl (C=O) groups is 2. The van der Waals surface area contributed by atoms with Crippen molar-refractivity contribution in [3.05, 3.63) is 52.5 Å². The number of nitrogens with zero attached hydrogens (tertiary/aromatic N) is 2. The molecule has 132 valence electrons. The Kier molecular flexibility index (Phi) is 6.14. The van der Waals surface area contributed by atoms with Gasteiger partial charge in [0.05, 0.1) is 5.56 Å². The van der Waals surface area contributed by atoms with E-state index in [1.807, 2.05) is 11.4 Å². The first-order valence-corrected chi connectivity index (χ1v) is 9.32. The van der Waals surface area contributed by atoms with Gasteiger partial charge >= 0.3 is 0 Å². The highest BCUT2D eigenvalue weighted by Crippen LogP contribution is 2.10. The van der Waals surface area contributed by atoms with Crippen molar-refractivity contribution in [1.29, 1.82) is 0 Å². The number of hydrogen-bond acceptors (Lipinski definition) is 5. The van der Waals surface area contributed by atoms with Crippen molar-refractivity contribution >= 4 is 23.2 Å². The summed E-state index contributed by atoms with van der Waals surface area (Å²) in [6.45, 7) is 2.51. The Morgan fingerprint density at radius 2 is 2.28 bits per heavy atom. The van der Waals surface area contributed by atoms with Crippen molar-refractivity contribution in [2.45, 2.75) is 18.9 Å². The maximum atomic E-state index is 12.5. The Morgan fingerprint density at radius 1 is 1.36 bits per heavy atom. The van der Waals surface area contributed by atoms with Gasteiger partial charge in [0.15, 0.2) is 0 Å². The molecule has 0 saturated carbocycles. The van der Waals surface area contributed by atoms with Crippen LogP contribution in [0.2, 0.25) is 0 Å². The highest BCUT2D eigenvalue weighted by molar-refractivity contribution is 7.09. The third-order valence-corrected chi connectivity index (χ3v) is 5.09. The molecule has 1 fully saturated rings. The zero-order valence-electron chi connectivity index (χ0n) is 14.0. The van der Waals surface area contributed by atoms with E-state index in [-0.39, 0.29) is 17.9 Å². The Hall–Kier alpha value is -2.25. The van der Waals surface area contributed by atoms with Crippen molar-refractivity contribution in [3.8, 4) is 0 Å². The molecule has 6 nitrogen and oxygen atoms in total. The molecule has 0 aromatic carbocycles. The van der Waals surface area contributed by atoms with Crippen molar-refractivity contribution < 1.29 is 9.59 Å². The van der Waals surface area contributed by atoms with Crippen molar-refractivity contribution in [3.63, 3.8) is 0 Å². The topological polar surface area (TPSA) is 74.3 Å². The second-order valence-electron chi connectivity index (χ2n) is 6.03. The van der Waals surface area contributed by atoms with E-state index in [9.17, 15) is 9.59 Å². The van der Waals surface area contributed by atoms with Gasteiger partial charge in [-0.05, 0) is 30.0 Å². The standard InChI is InChI=1S/C18H22N4O2S/c23-17(21-7-5-16-4-2-10-25-16)11-15-13-22(9-8-20-15)18(24)14-3-1-6-19-12-14/h1-4,6,10,12,15,20H,5,7-9,11,13H2,(H,21,23). The summed E-state index contributed by atoms with van der Waals surface area (Å²) >= 11 is 1.70. The van der Waals surface area contributed by atoms with E-state index in [1.54, 1.807) is 40.8 Å². The van der Waals surface area contributed by atoms with Gasteiger partial charge in [-0.15, -0.1) is 11.3 Å². The minimum absolute atomic E-state index is 0.0175. The van der Waals surface area contributed by atoms with Crippen LogP contribution in [0, 0.1) is 0 Å². The summed E-state index contributed by atoms with van der Waals surface area (Å²) in [5.74, 6) is -0.0116. The average molecular weight is 358 g/mol. The predicted molar refractivity (Wildman–Crippen MR) is 97.6 cm³/mol. The van der Waals surface area contributed by atoms with Gasteiger partial charge < -0.3 is 15.5 Å². The zero-order valence-corrected chi connectivity index (χ0v) is 14.8. The number of rotatable bonds is 6. The van der Waals surface area contributed by atoms with Crippen LogP contribution in [-0.4, -0.2) is 53.9 Å². The highest BCUT2D eigenvalue weighted by atomic mass is 32.1. The molecule has 0 bridgehead atoms. The molecule has 0 spiro atoms. The smallest absolute Gasteiger partial charge is 0.255 e. The average Bonchev–Trinajstić information content (AvgIpc) is 3.15. The molecule has 1 saturated heterocycles. The van der Waals surface area contributed by atoms with Crippen LogP contribution in [0.4, 0.5) is 0 Å². The molecule has 2 aromatic rings. The van der Waals surface area contributed by atoms with Crippen LogP contribution in [-0.2, 0) is 11.2 Å². The van der Waals surface area contributed by atoms with Crippen LogP contribution in [0.1, 0.15) is 21.7 Å². The first kappa shape index (κ1) is 17.6. The van der Waals surface area contributed by atoms with Crippen LogP contribution in [0.25, 0.3) is 0 Å². The number of aromatic nitrogens is 1. The zero-order chi connectivity index (χ0) is 17.5. The fourth-order valence-electron chi connectivity index (χ4n) is 2.89. The molecule has 1 aliphatic rings. The molecular formula is C18H22N4O2S. The molecule has 2 amide bonds. The number of carbonyl (C=O) groups excluding carboxylic acids is 2. The summed E-state index contributed by atoms with van der Waals surface area (Å²) in [6, 6.07) is 7.59. The van der Waals surface area contributed by atoms with Crippen molar-refractivity contribution in [1.82, 2.24) is 20.5 Å². The molecular weight excluding hydrogens is 336 g/mol. The SMILES string of the molecule is O=C(CC1CN(C(=O)c2cccnc2)CCN1)NCCc1cccs1. The number of amides is 2. The summed E-state index contributed by atoms with van der Waals surface area (Å²) in [7, 11) is 0. The lowest BCUT2D eigenvalue weighted by molar-refractivity contribution is -0.121. The molecule has 7 heteroatoms. The summed E-state index contributed by atoms with van der Waals surface area (Å²) in [4.78, 5) is 31.7. The minimum Gasteiger partial charge on any atom is -0.356 e. The third-order valence-electron chi connectivity index (χ3n) is 4.16. The van der Waals surface area contributed by atoms with E-state index < -0.39 is 0 Å². The van der Waals surface area contributed by atoms with Gasteiger partial charge in [0.2, 0.25) is 5.91 Å². The molecule has 3 heterocycles. The molecule has 3 rings (SSSR count). The molecule has 25 heavy (non-hydrogen) atoms. The largest absolute Gasteiger partial charge is 0.356 e. The molecule has 1 atom stereocenters. The molecule has 0 aliphatic carbocycles. The second kappa shape index (κ2) is 8.73. The normalized spacial score (nSPS) is 17.3. The summed E-state index contributed by atoms with van der Waals surface area (Å²) in [5.41, 5.74) is 0.587. The second-order valence-corrected chi connectivity index (χ2v) is 7.06. The lowest BCUT2D eigenvalue weighted by Crippen LogP contribution is -2.53. The van der Waals surface area contributed by atoms with E-state index in [1.165, 1.54) is 4.88 Å². The van der Waals surface area contributed by atoms with Gasteiger partial charge in [0, 0.05) is 55.9 Å². The number of nitrogens with one attached hydrogen (secondary N) is 2. The quantitative estimate of drug-likeness (QED) is 0.816. The predicted octanol–water partition coefficient (Wildman–Crippen LogP) is 1.31. The van der Waals surface area contributed by atoms with Crippen molar-refractivity contribution in [2.75, 3.05) is 26.2 Å². The maximum absolute atomic E-state index is 12.5. The highest BCUT2D eigenvalue weighted by Gasteiger charge is 2.25. The van der Waals surface area contributed by atoms with Crippen LogP contribution >= 0.6 is 11.3 Å². The first-order valence-electron chi connectivity index (χ1n) is 8.44. The Morgan fingerprint density at radius 3 is 3.04 bits per heavy atom. The summed E-state index contributed by atoms with van der Waals surface area (Å²) < 4.78 is 0. The maximum Gasteiger partial charge on any atom is 0.255 e. The molecule has 1 unspecified atom stereocenters. The minimum atomic E-state index is -0.0299. The molecule has 2 N–H and O–H groups in total. The van der Waals surface area contributed by atoms with E-state index in [0.29, 0.717) is 38.2 Å². The van der Waals surface area contributed by atoms with E-state index >= 15 is 0 Å². The molecule has 1 aliphatic heterocycles. The Balaban J connectivity index is 1.44. The number of piperazine rings is 1. The third kappa shape index (κ3) is 5.11. The summed E-state index contributed by atoms with van der Waals surface area (Å²) in [6.07, 6.45) is 4.46. The number of hydrogen-bond donors (Lipinski definition) is 2. The monoisotopic (exact) mass is 358 g/mol. The van der Waals surface area contributed by atoms with E-state index in [0.717, 1.165) is 6.42 Å². The number of pyridine rings is 1. The van der Waals surface area contributed by atoms with Gasteiger partial charge in [-0.25, -0.2) is 0 Å². The van der Waals surface area contributed by atoms with Crippen LogP contribution in [0.3, 0.4) is 0 Å². The van der Waals surface area contributed by atoms with Gasteiger partial charge in [-0.1, -0.05) is 6.07 Å². The Labute approximate surface area is 151 Å². The van der Waals surface area contributed by atoms with Gasteiger partial charge in [-0.3, -0.25) is 14.6 Å². The first-order chi connectivity index (χ1) is 12.2. The summed E-state index contributed by atoms with van der Waals surface area (Å²) in [5, 5.41) is 8.32. The number of thiophene rings is 1. The van der Waals surface area contributed by atoms with Gasteiger partial charge in [0.25, 0.3) is 5.91 Å². The fourth-order valence-corrected chi connectivity index (χ4v) is 3.60.